The van der Waals surface area contributed by atoms with Gasteiger partial charge < -0.3 is 9.84 Å². The maximum atomic E-state index is 10.5. The molecule has 0 amide bonds. The molecule has 6 heteroatoms. The molecule has 0 saturated carbocycles. The molecule has 0 heterocycles. The van der Waals surface area contributed by atoms with E-state index in [1.807, 2.05) is 0 Å². The fourth-order valence-electron chi connectivity index (χ4n) is 1.18. The summed E-state index contributed by atoms with van der Waals surface area (Å²) in [7, 11) is 1.38. The monoisotopic (exact) mass is 211 g/mol. The summed E-state index contributed by atoms with van der Waals surface area (Å²) in [5.41, 5.74) is 0.145. The minimum atomic E-state index is -1.06. The van der Waals surface area contributed by atoms with Gasteiger partial charge in [0.15, 0.2) is 0 Å². The van der Waals surface area contributed by atoms with Crippen LogP contribution in [0.3, 0.4) is 0 Å². The highest BCUT2D eigenvalue weighted by atomic mass is 16.6. The van der Waals surface area contributed by atoms with Crippen molar-refractivity contribution in [2.75, 3.05) is 7.11 Å². The van der Waals surface area contributed by atoms with Crippen LogP contribution in [0.5, 0.6) is 5.75 Å². The summed E-state index contributed by atoms with van der Waals surface area (Å²) < 4.78 is 4.90. The lowest BCUT2D eigenvalue weighted by Gasteiger charge is -2.05. The molecule has 0 spiro atoms. The molecule has 15 heavy (non-hydrogen) atoms. The van der Waals surface area contributed by atoms with E-state index in [1.54, 1.807) is 0 Å². The molecule has 0 atom stereocenters. The minimum absolute atomic E-state index is 0.146. The summed E-state index contributed by atoms with van der Waals surface area (Å²) in [5.74, 6) is -0.725. The van der Waals surface area contributed by atoms with Crippen LogP contribution in [0.25, 0.3) is 0 Å². The maximum Gasteiger partial charge on any atom is 0.307 e. The molecule has 1 rings (SSSR count). The first-order chi connectivity index (χ1) is 7.04. The number of carbonyl (C=O) groups is 1. The normalized spacial score (nSPS) is 9.67. The van der Waals surface area contributed by atoms with Gasteiger partial charge in [0.1, 0.15) is 5.75 Å². The Morgan fingerprint density at radius 3 is 2.73 bits per heavy atom. The van der Waals surface area contributed by atoms with Crippen LogP contribution in [-0.2, 0) is 11.2 Å². The molecule has 0 saturated heterocycles. The second-order valence-electron chi connectivity index (χ2n) is 2.82. The van der Waals surface area contributed by atoms with Crippen LogP contribution in [0.2, 0.25) is 0 Å². The highest BCUT2D eigenvalue weighted by molar-refractivity contribution is 5.71. The van der Waals surface area contributed by atoms with Gasteiger partial charge in [-0.3, -0.25) is 14.9 Å². The third-order valence-corrected chi connectivity index (χ3v) is 1.82. The average molecular weight is 211 g/mol. The zero-order valence-electron chi connectivity index (χ0n) is 7.97. The molecule has 0 fully saturated rings. The number of methoxy groups -OCH3 is 1. The SMILES string of the molecule is COc1ccc([N+](=O)[O-])cc1CC(=O)O. The number of ether oxygens (including phenoxy) is 1. The van der Waals surface area contributed by atoms with Crippen LogP contribution < -0.4 is 4.74 Å². The van der Waals surface area contributed by atoms with Crippen molar-refractivity contribution in [3.8, 4) is 5.75 Å². The molecule has 6 nitrogen and oxygen atoms in total. The second kappa shape index (κ2) is 4.41. The van der Waals surface area contributed by atoms with Gasteiger partial charge in [0.2, 0.25) is 0 Å². The first-order valence-electron chi connectivity index (χ1n) is 4.07. The number of rotatable bonds is 4. The Kier molecular flexibility index (Phi) is 3.22. The van der Waals surface area contributed by atoms with E-state index in [-0.39, 0.29) is 12.1 Å². The number of nitrogens with zero attached hydrogens (tertiary/aromatic N) is 1. The number of carboxylic acid groups (broad SMARTS) is 1. The van der Waals surface area contributed by atoms with Crippen molar-refractivity contribution in [1.82, 2.24) is 0 Å². The number of nitro groups is 1. The molecule has 0 unspecified atom stereocenters. The Hall–Kier alpha value is -2.11. The van der Waals surface area contributed by atoms with E-state index in [9.17, 15) is 14.9 Å². The molecule has 1 N–H and O–H groups in total. The zero-order valence-corrected chi connectivity index (χ0v) is 7.97. The van der Waals surface area contributed by atoms with E-state index in [4.69, 9.17) is 9.84 Å². The summed E-state index contributed by atoms with van der Waals surface area (Å²) in [6.45, 7) is 0. The van der Waals surface area contributed by atoms with Crippen molar-refractivity contribution in [1.29, 1.82) is 0 Å². The molecule has 0 radical (unpaired) electrons. The van der Waals surface area contributed by atoms with E-state index in [1.165, 1.54) is 25.3 Å². The van der Waals surface area contributed by atoms with Gasteiger partial charge in [-0.25, -0.2) is 0 Å². The van der Waals surface area contributed by atoms with Crippen molar-refractivity contribution in [3.05, 3.63) is 33.9 Å². The molecular weight excluding hydrogens is 202 g/mol. The molecule has 0 aliphatic heterocycles. The molecular formula is C9H9NO5. The average Bonchev–Trinajstić information content (AvgIpc) is 2.16. The fourth-order valence-corrected chi connectivity index (χ4v) is 1.18. The highest BCUT2D eigenvalue weighted by Gasteiger charge is 2.13. The van der Waals surface area contributed by atoms with Gasteiger partial charge in [0.05, 0.1) is 18.5 Å². The Bertz CT molecular complexity index is 401. The summed E-state index contributed by atoms with van der Waals surface area (Å²) >= 11 is 0. The lowest BCUT2D eigenvalue weighted by molar-refractivity contribution is -0.384. The third kappa shape index (κ3) is 2.67. The predicted octanol–water partition coefficient (Wildman–Crippen LogP) is 1.23. The van der Waals surface area contributed by atoms with Gasteiger partial charge in [0, 0.05) is 17.7 Å². The first kappa shape index (κ1) is 11.0. The van der Waals surface area contributed by atoms with Crippen molar-refractivity contribution in [2.45, 2.75) is 6.42 Å². The zero-order chi connectivity index (χ0) is 11.4. The third-order valence-electron chi connectivity index (χ3n) is 1.82. The van der Waals surface area contributed by atoms with Crippen LogP contribution in [0.4, 0.5) is 5.69 Å². The summed E-state index contributed by atoms with van der Waals surface area (Å²) in [6.07, 6.45) is -0.301. The molecule has 80 valence electrons. The number of hydrogen-bond donors (Lipinski definition) is 1. The minimum Gasteiger partial charge on any atom is -0.496 e. The van der Waals surface area contributed by atoms with E-state index in [2.05, 4.69) is 0 Å². The summed E-state index contributed by atoms with van der Waals surface area (Å²) in [6, 6.07) is 3.85. The number of nitro benzene ring substituents is 1. The molecule has 0 aromatic heterocycles. The Morgan fingerprint density at radius 2 is 2.27 bits per heavy atom. The van der Waals surface area contributed by atoms with Crippen molar-refractivity contribution in [3.63, 3.8) is 0 Å². The van der Waals surface area contributed by atoms with Crippen LogP contribution in [-0.4, -0.2) is 23.1 Å². The highest BCUT2D eigenvalue weighted by Crippen LogP contribution is 2.24. The lowest BCUT2D eigenvalue weighted by atomic mass is 10.1. The Morgan fingerprint density at radius 1 is 1.60 bits per heavy atom. The molecule has 1 aromatic carbocycles. The quantitative estimate of drug-likeness (QED) is 0.597. The summed E-state index contributed by atoms with van der Waals surface area (Å²) in [5, 5.41) is 19.0. The largest absolute Gasteiger partial charge is 0.496 e. The number of benzene rings is 1. The predicted molar refractivity (Wildman–Crippen MR) is 51.0 cm³/mol. The van der Waals surface area contributed by atoms with Crippen LogP contribution >= 0.6 is 0 Å². The van der Waals surface area contributed by atoms with Crippen molar-refractivity contribution >= 4 is 11.7 Å². The molecule has 0 aliphatic carbocycles. The van der Waals surface area contributed by atoms with Gasteiger partial charge in [-0.1, -0.05) is 0 Å². The lowest BCUT2D eigenvalue weighted by Crippen LogP contribution is -2.03. The van der Waals surface area contributed by atoms with Gasteiger partial charge >= 0.3 is 5.97 Å². The van der Waals surface area contributed by atoms with Crippen molar-refractivity contribution in [2.24, 2.45) is 0 Å². The van der Waals surface area contributed by atoms with E-state index >= 15 is 0 Å². The Labute approximate surface area is 85.2 Å². The second-order valence-corrected chi connectivity index (χ2v) is 2.82. The van der Waals surface area contributed by atoms with E-state index in [0.29, 0.717) is 11.3 Å². The molecule has 0 aliphatic rings. The smallest absolute Gasteiger partial charge is 0.307 e. The summed E-state index contributed by atoms with van der Waals surface area (Å²) in [4.78, 5) is 20.4. The van der Waals surface area contributed by atoms with Gasteiger partial charge in [0.25, 0.3) is 5.69 Å². The van der Waals surface area contributed by atoms with E-state index in [0.717, 1.165) is 0 Å². The fraction of sp³-hybridized carbons (Fsp3) is 0.222. The maximum absolute atomic E-state index is 10.5. The number of carboxylic acids is 1. The van der Waals surface area contributed by atoms with Crippen LogP contribution in [0.1, 0.15) is 5.56 Å². The van der Waals surface area contributed by atoms with Gasteiger partial charge in [-0.05, 0) is 6.07 Å². The molecule has 1 aromatic rings. The standard InChI is InChI=1S/C9H9NO5/c1-15-8-3-2-7(10(13)14)4-6(8)5-9(11)12/h2-4H,5H2,1H3,(H,11,12). The first-order valence-corrected chi connectivity index (χ1v) is 4.07. The van der Waals surface area contributed by atoms with E-state index < -0.39 is 10.9 Å². The topological polar surface area (TPSA) is 89.7 Å². The number of non-ortho nitro benzene ring substituents is 1. The van der Waals surface area contributed by atoms with Gasteiger partial charge in [-0.15, -0.1) is 0 Å². The van der Waals surface area contributed by atoms with Crippen LogP contribution in [0.15, 0.2) is 18.2 Å². The number of hydrogen-bond acceptors (Lipinski definition) is 4. The van der Waals surface area contributed by atoms with Crippen LogP contribution in [0, 0.1) is 10.1 Å². The van der Waals surface area contributed by atoms with Crippen molar-refractivity contribution < 1.29 is 19.6 Å². The molecule has 0 bridgehead atoms. The number of aliphatic carboxylic acids is 1. The Balaban J connectivity index is 3.12. The van der Waals surface area contributed by atoms with Gasteiger partial charge in [-0.2, -0.15) is 0 Å².